The fourth-order valence-electron chi connectivity index (χ4n) is 1.67. The van der Waals surface area contributed by atoms with Crippen LogP contribution in [0.25, 0.3) is 3.31 Å². The summed E-state index contributed by atoms with van der Waals surface area (Å²) in [5, 5.41) is 0. The van der Waals surface area contributed by atoms with Crippen molar-refractivity contribution in [3.63, 3.8) is 0 Å². The van der Waals surface area contributed by atoms with Crippen LogP contribution in [0.1, 0.15) is 47.1 Å². The van der Waals surface area contributed by atoms with Crippen LogP contribution in [0.4, 0.5) is 5.69 Å². The first-order chi connectivity index (χ1) is 16.7. The number of nitrogens with zero attached hydrogens (tertiary/aromatic N) is 1. The van der Waals surface area contributed by atoms with Gasteiger partial charge in [0.05, 0.1) is 32.1 Å². The molecule has 0 N–H and O–H groups in total. The van der Waals surface area contributed by atoms with Crippen molar-refractivity contribution in [1.29, 1.82) is 0 Å². The monoisotopic (exact) mass is 758 g/mol. The fraction of sp³-hybridized carbons (Fsp3) is 0.684. The normalized spacial score (nSPS) is 11.1. The first-order valence-electron chi connectivity index (χ1n) is 10.9. The van der Waals surface area contributed by atoms with Gasteiger partial charge in [-0.25, -0.2) is 0 Å². The van der Waals surface area contributed by atoms with E-state index in [0.717, 1.165) is 5.69 Å². The molecule has 0 unspecified atom stereocenters. The molecule has 0 saturated carbocycles. The van der Waals surface area contributed by atoms with Crippen molar-refractivity contribution in [2.75, 3.05) is 39.6 Å². The molecule has 0 atom stereocenters. The van der Waals surface area contributed by atoms with Gasteiger partial charge in [-0.05, 0) is 41.5 Å². The molecule has 0 amide bonds. The van der Waals surface area contributed by atoms with Crippen LogP contribution in [0, 0.1) is 6.92 Å². The van der Waals surface area contributed by atoms with Crippen molar-refractivity contribution in [2.45, 2.75) is 48.5 Å². The third-order valence-electron chi connectivity index (χ3n) is 2.86. The summed E-state index contributed by atoms with van der Waals surface area (Å²) < 4.78 is 34.0. The van der Waals surface area contributed by atoms with Gasteiger partial charge in [0.15, 0.2) is 0 Å². The van der Waals surface area contributed by atoms with Gasteiger partial charge in [-0.2, -0.15) is 0 Å². The number of hydrogen-bond acceptors (Lipinski definition) is 12. The van der Waals surface area contributed by atoms with Crippen LogP contribution >= 0.6 is 17.9 Å². The van der Waals surface area contributed by atoms with E-state index in [0.29, 0.717) is 39.6 Å². The summed E-state index contributed by atoms with van der Waals surface area (Å²) in [5.41, 5.74) is 0.0519. The number of benzene rings is 1. The Kier molecular flexibility index (Phi) is 31.8. The van der Waals surface area contributed by atoms with E-state index in [1.165, 1.54) is 5.56 Å². The summed E-state index contributed by atoms with van der Waals surface area (Å²) in [4.78, 5) is 0. The molecule has 0 aliphatic rings. The van der Waals surface area contributed by atoms with E-state index >= 15 is 0 Å². The van der Waals surface area contributed by atoms with E-state index in [2.05, 4.69) is 22.4 Å². The first kappa shape index (κ1) is 43.1. The summed E-state index contributed by atoms with van der Waals surface area (Å²) in [5.74, 6) is 0. The molecule has 0 bridgehead atoms. The minimum absolute atomic E-state index is 0.542. The quantitative estimate of drug-likeness (QED) is 0.118. The van der Waals surface area contributed by atoms with Crippen molar-refractivity contribution in [1.82, 2.24) is 0 Å². The second-order valence-electron chi connectivity index (χ2n) is 5.78. The summed E-state index contributed by atoms with van der Waals surface area (Å²) in [6.07, 6.45) is -4.55. The molecular weight excluding hydrogens is 719 g/mol. The molecule has 213 valence electrons. The van der Waals surface area contributed by atoms with Gasteiger partial charge < -0.3 is 70.3 Å². The van der Waals surface area contributed by atoms with E-state index in [4.69, 9.17) is 100 Å². The van der Waals surface area contributed by atoms with E-state index < -0.39 is 17.9 Å². The van der Waals surface area contributed by atoms with Crippen LogP contribution < -0.4 is 0 Å². The average Bonchev–Trinajstić information content (AvgIpc) is 2.75. The zero-order valence-electron chi connectivity index (χ0n) is 21.6. The molecule has 7 nitrogen and oxygen atoms in total. The van der Waals surface area contributed by atoms with Crippen molar-refractivity contribution >= 4 is 96.7 Å². The molecule has 1 rings (SSSR count). The Morgan fingerprint density at radius 3 is 1.25 bits per heavy atom. The van der Waals surface area contributed by atoms with E-state index in [9.17, 15) is 0 Å². The SMILES string of the molecule is CCOP(=S)([S-])OCC.CCO[P+]([S-])([S-])OCC.CCO[P+]([S-])([S-])OCC.Cc1ccc([N+]#[Mo])cc1. The van der Waals surface area contributed by atoms with Crippen LogP contribution in [-0.2, 0) is 120 Å². The molecular formula is C19H37MoNO6P3S6-2. The van der Waals surface area contributed by atoms with Crippen molar-refractivity contribution in [3.8, 4) is 0 Å². The van der Waals surface area contributed by atoms with Crippen LogP contribution in [0.2, 0.25) is 0 Å². The Bertz CT molecular complexity index is 701. The summed E-state index contributed by atoms with van der Waals surface area (Å²) in [7, 11) is 0. The van der Waals surface area contributed by atoms with Gasteiger partial charge in [-0.1, -0.05) is 11.8 Å². The van der Waals surface area contributed by atoms with Crippen LogP contribution in [0.15, 0.2) is 24.3 Å². The summed E-state index contributed by atoms with van der Waals surface area (Å²) >= 11 is 30.7. The van der Waals surface area contributed by atoms with E-state index in [1.807, 2.05) is 53.7 Å². The third kappa shape index (κ3) is 31.2. The Hall–Kier alpha value is 2.64. The zero-order chi connectivity index (χ0) is 28.7. The second kappa shape index (κ2) is 26.5. The van der Waals surface area contributed by atoms with Gasteiger partial charge in [0, 0.05) is 25.5 Å². The molecule has 0 aromatic heterocycles. The predicted octanol–water partition coefficient (Wildman–Crippen LogP) is 7.95. The first-order valence-corrected chi connectivity index (χ1v) is 22.7. The Morgan fingerprint density at radius 1 is 0.722 bits per heavy atom. The van der Waals surface area contributed by atoms with Crippen molar-refractivity contribution in [2.24, 2.45) is 0 Å². The Balaban J connectivity index is -0.000000403. The van der Waals surface area contributed by atoms with Gasteiger partial charge >= 0.3 is 65.2 Å². The molecule has 1 aromatic carbocycles. The molecule has 0 heterocycles. The van der Waals surface area contributed by atoms with Crippen molar-refractivity contribution < 1.29 is 46.6 Å². The zero-order valence-corrected chi connectivity index (χ0v) is 31.2. The van der Waals surface area contributed by atoms with Gasteiger partial charge in [-0.15, -0.1) is 0 Å². The topological polar surface area (TPSA) is 59.7 Å². The maximum atomic E-state index is 4.99. The molecule has 0 fully saturated rings. The maximum absolute atomic E-state index is 4.99. The molecule has 17 heteroatoms. The van der Waals surface area contributed by atoms with Crippen molar-refractivity contribution in [3.05, 3.63) is 33.1 Å². The van der Waals surface area contributed by atoms with E-state index in [-0.39, 0.29) is 0 Å². The van der Waals surface area contributed by atoms with Crippen LogP contribution in [-0.4, -0.2) is 39.6 Å². The molecule has 0 saturated heterocycles. The molecule has 0 aliphatic carbocycles. The predicted molar refractivity (Wildman–Crippen MR) is 169 cm³/mol. The minimum atomic E-state index is -2.28. The molecule has 36 heavy (non-hydrogen) atoms. The number of hydrogen-bond donors (Lipinski definition) is 0. The molecule has 0 radical (unpaired) electrons. The Labute approximate surface area is 262 Å². The number of aryl methyl sites for hydroxylation is 1. The van der Waals surface area contributed by atoms with Gasteiger partial charge in [0.2, 0.25) is 0 Å². The van der Waals surface area contributed by atoms with Crippen LogP contribution in [0.5, 0.6) is 0 Å². The van der Waals surface area contributed by atoms with E-state index in [1.54, 1.807) is 19.4 Å². The van der Waals surface area contributed by atoms with Gasteiger partial charge in [0.25, 0.3) is 0 Å². The molecule has 0 spiro atoms. The Morgan fingerprint density at radius 2 is 1.03 bits per heavy atom. The van der Waals surface area contributed by atoms with Crippen LogP contribution in [0.3, 0.4) is 0 Å². The van der Waals surface area contributed by atoms with Gasteiger partial charge in [0.1, 0.15) is 0 Å². The molecule has 1 aromatic rings. The standard InChI is InChI=1S/C7H7N.3C4H11O2PS2.Mo/c1-6-2-4-7(8)5-3-6;3*1-3-5-7(8,9)6-4-2;/h2-5H,1H3;3*3-4H2,1-2H3,(H,8,9);/q+1;;;;/p-3. The molecule has 0 aliphatic heterocycles. The third-order valence-corrected chi connectivity index (χ3v) is 10.6. The van der Waals surface area contributed by atoms with Gasteiger partial charge in [-0.3, -0.25) is 18.1 Å². The summed E-state index contributed by atoms with van der Waals surface area (Å²) in [6.45, 7) is 16.4. The average molecular weight is 757 g/mol. The fourth-order valence-corrected chi connectivity index (χ4v) is 7.88. The second-order valence-corrected chi connectivity index (χ2v) is 21.2. The summed E-state index contributed by atoms with van der Waals surface area (Å²) in [6, 6.07) is 8.14. The number of rotatable bonds is 12.